The van der Waals surface area contributed by atoms with Gasteiger partial charge in [0.1, 0.15) is 5.60 Å². The zero-order chi connectivity index (χ0) is 20.6. The Morgan fingerprint density at radius 1 is 1.04 bits per heavy atom. The van der Waals surface area contributed by atoms with Gasteiger partial charge in [0.2, 0.25) is 5.91 Å². The van der Waals surface area contributed by atoms with E-state index in [-0.39, 0.29) is 17.9 Å². The molecule has 0 aromatic carbocycles. The number of nitrogens with zero attached hydrogens (tertiary/aromatic N) is 2. The van der Waals surface area contributed by atoms with Crippen molar-refractivity contribution in [3.63, 3.8) is 0 Å². The first kappa shape index (κ1) is 23.0. The third kappa shape index (κ3) is 7.98. The third-order valence-corrected chi connectivity index (χ3v) is 5.93. The molecule has 28 heavy (non-hydrogen) atoms. The molecule has 0 radical (unpaired) electrons. The van der Waals surface area contributed by atoms with Crippen LogP contribution >= 0.6 is 0 Å². The van der Waals surface area contributed by atoms with Gasteiger partial charge in [-0.25, -0.2) is 4.79 Å². The zero-order valence-electron chi connectivity index (χ0n) is 18.5. The second-order valence-electron chi connectivity index (χ2n) is 9.46. The van der Waals surface area contributed by atoms with Crippen molar-refractivity contribution in [2.75, 3.05) is 39.3 Å². The standard InChI is InChI=1S/C22H41N3O3/c1-5-6-7-18-8-10-19(11-9-18)20(26)23-12-13-24-14-16-25(17-15-24)21(27)28-22(2,3)4/h18-19H,5-17H2,1-4H3,(H,23,26). The molecule has 2 amide bonds. The molecule has 2 rings (SSSR count). The smallest absolute Gasteiger partial charge is 0.410 e. The molecule has 1 aliphatic heterocycles. The number of ether oxygens (including phenoxy) is 1. The molecule has 1 heterocycles. The second kappa shape index (κ2) is 11.0. The van der Waals surface area contributed by atoms with E-state index in [4.69, 9.17) is 4.74 Å². The predicted octanol–water partition coefficient (Wildman–Crippen LogP) is 3.65. The molecule has 2 fully saturated rings. The van der Waals surface area contributed by atoms with Gasteiger partial charge in [0, 0.05) is 45.2 Å². The average molecular weight is 396 g/mol. The Hall–Kier alpha value is -1.30. The Kier molecular flexibility index (Phi) is 9.06. The highest BCUT2D eigenvalue weighted by molar-refractivity contribution is 5.78. The van der Waals surface area contributed by atoms with E-state index in [0.717, 1.165) is 38.4 Å². The van der Waals surface area contributed by atoms with Crippen LogP contribution in [0.4, 0.5) is 4.79 Å². The van der Waals surface area contributed by atoms with Crippen LogP contribution in [-0.4, -0.2) is 66.7 Å². The Labute approximate surface area is 171 Å². The minimum absolute atomic E-state index is 0.210. The van der Waals surface area contributed by atoms with Crippen LogP contribution < -0.4 is 5.32 Å². The molecule has 6 heteroatoms. The number of carbonyl (C=O) groups excluding carboxylic acids is 2. The van der Waals surface area contributed by atoms with Crippen LogP contribution in [0.15, 0.2) is 0 Å². The van der Waals surface area contributed by atoms with E-state index in [9.17, 15) is 9.59 Å². The van der Waals surface area contributed by atoms with Gasteiger partial charge in [0.25, 0.3) is 0 Å². The first-order chi connectivity index (χ1) is 13.3. The van der Waals surface area contributed by atoms with Gasteiger partial charge in [-0.1, -0.05) is 26.2 Å². The molecule has 0 spiro atoms. The second-order valence-corrected chi connectivity index (χ2v) is 9.46. The van der Waals surface area contributed by atoms with E-state index in [1.807, 2.05) is 20.8 Å². The molecule has 0 bridgehead atoms. The fourth-order valence-corrected chi connectivity index (χ4v) is 4.17. The molecule has 162 valence electrons. The van der Waals surface area contributed by atoms with Crippen molar-refractivity contribution in [1.82, 2.24) is 15.1 Å². The van der Waals surface area contributed by atoms with Crippen molar-refractivity contribution in [2.24, 2.45) is 11.8 Å². The molecule has 0 atom stereocenters. The third-order valence-electron chi connectivity index (χ3n) is 5.93. The summed E-state index contributed by atoms with van der Waals surface area (Å²) in [7, 11) is 0. The van der Waals surface area contributed by atoms with Gasteiger partial charge >= 0.3 is 6.09 Å². The Bertz CT molecular complexity index is 488. The summed E-state index contributed by atoms with van der Waals surface area (Å²) >= 11 is 0. The quantitative estimate of drug-likeness (QED) is 0.715. The van der Waals surface area contributed by atoms with E-state index in [2.05, 4.69) is 17.1 Å². The Balaban J connectivity index is 1.58. The Morgan fingerprint density at radius 3 is 2.25 bits per heavy atom. The summed E-state index contributed by atoms with van der Waals surface area (Å²) in [6, 6.07) is 0. The van der Waals surface area contributed by atoms with Crippen LogP contribution in [0, 0.1) is 11.8 Å². The summed E-state index contributed by atoms with van der Waals surface area (Å²) < 4.78 is 5.43. The van der Waals surface area contributed by atoms with Gasteiger partial charge in [0.05, 0.1) is 0 Å². The molecular formula is C22H41N3O3. The van der Waals surface area contributed by atoms with Crippen LogP contribution in [0.1, 0.15) is 72.6 Å². The van der Waals surface area contributed by atoms with Gasteiger partial charge in [-0.2, -0.15) is 0 Å². The molecule has 1 aliphatic carbocycles. The van der Waals surface area contributed by atoms with E-state index < -0.39 is 5.60 Å². The van der Waals surface area contributed by atoms with Crippen molar-refractivity contribution in [2.45, 2.75) is 78.2 Å². The number of unbranched alkanes of at least 4 members (excludes halogenated alkanes) is 1. The zero-order valence-corrected chi connectivity index (χ0v) is 18.5. The normalized spacial score (nSPS) is 24.1. The average Bonchev–Trinajstić information content (AvgIpc) is 2.66. The van der Waals surface area contributed by atoms with E-state index >= 15 is 0 Å². The first-order valence-electron chi connectivity index (χ1n) is 11.3. The highest BCUT2D eigenvalue weighted by Crippen LogP contribution is 2.31. The van der Waals surface area contributed by atoms with Crippen LogP contribution in [0.25, 0.3) is 0 Å². The first-order valence-corrected chi connectivity index (χ1v) is 11.3. The number of amides is 2. The van der Waals surface area contributed by atoms with Crippen LogP contribution in [0.5, 0.6) is 0 Å². The van der Waals surface area contributed by atoms with Gasteiger partial charge in [0.15, 0.2) is 0 Å². The lowest BCUT2D eigenvalue weighted by molar-refractivity contribution is -0.126. The van der Waals surface area contributed by atoms with Gasteiger partial charge in [-0.3, -0.25) is 9.69 Å². The number of piperazine rings is 1. The fraction of sp³-hybridized carbons (Fsp3) is 0.909. The van der Waals surface area contributed by atoms with Crippen LogP contribution in [0.2, 0.25) is 0 Å². The molecule has 2 aliphatic rings. The molecule has 0 aromatic rings. The van der Waals surface area contributed by atoms with Crippen LogP contribution in [0.3, 0.4) is 0 Å². The van der Waals surface area contributed by atoms with E-state index in [1.165, 1.54) is 32.1 Å². The molecule has 1 saturated carbocycles. The van der Waals surface area contributed by atoms with Gasteiger partial charge in [-0.15, -0.1) is 0 Å². The summed E-state index contributed by atoms with van der Waals surface area (Å²) in [5.74, 6) is 1.29. The highest BCUT2D eigenvalue weighted by atomic mass is 16.6. The highest BCUT2D eigenvalue weighted by Gasteiger charge is 2.27. The predicted molar refractivity (Wildman–Crippen MR) is 112 cm³/mol. The molecule has 0 aromatic heterocycles. The monoisotopic (exact) mass is 395 g/mol. The summed E-state index contributed by atoms with van der Waals surface area (Å²) in [5.41, 5.74) is -0.451. The SMILES string of the molecule is CCCCC1CCC(C(=O)NCCN2CCN(C(=O)OC(C)(C)C)CC2)CC1. The lowest BCUT2D eigenvalue weighted by Gasteiger charge is -2.35. The maximum atomic E-state index is 12.4. The maximum absolute atomic E-state index is 12.4. The van der Waals surface area contributed by atoms with Gasteiger partial charge in [-0.05, 0) is 52.4 Å². The minimum Gasteiger partial charge on any atom is -0.444 e. The van der Waals surface area contributed by atoms with Gasteiger partial charge < -0.3 is 15.0 Å². The Morgan fingerprint density at radius 2 is 1.68 bits per heavy atom. The number of hydrogen-bond donors (Lipinski definition) is 1. The number of carbonyl (C=O) groups is 2. The van der Waals surface area contributed by atoms with Crippen molar-refractivity contribution in [1.29, 1.82) is 0 Å². The van der Waals surface area contributed by atoms with Crippen molar-refractivity contribution < 1.29 is 14.3 Å². The molecule has 6 nitrogen and oxygen atoms in total. The summed E-state index contributed by atoms with van der Waals surface area (Å²) in [6.07, 6.45) is 8.23. The molecule has 1 saturated heterocycles. The lowest BCUT2D eigenvalue weighted by Crippen LogP contribution is -2.51. The van der Waals surface area contributed by atoms with Crippen molar-refractivity contribution >= 4 is 12.0 Å². The van der Waals surface area contributed by atoms with Crippen LogP contribution in [-0.2, 0) is 9.53 Å². The van der Waals surface area contributed by atoms with E-state index in [1.54, 1.807) is 4.90 Å². The lowest BCUT2D eigenvalue weighted by atomic mass is 9.79. The maximum Gasteiger partial charge on any atom is 0.410 e. The number of nitrogens with one attached hydrogen (secondary N) is 1. The molecule has 1 N–H and O–H groups in total. The minimum atomic E-state index is -0.451. The van der Waals surface area contributed by atoms with Crippen molar-refractivity contribution in [3.8, 4) is 0 Å². The summed E-state index contributed by atoms with van der Waals surface area (Å²) in [5, 5.41) is 3.14. The van der Waals surface area contributed by atoms with Crippen molar-refractivity contribution in [3.05, 3.63) is 0 Å². The fourth-order valence-electron chi connectivity index (χ4n) is 4.17. The molecular weight excluding hydrogens is 354 g/mol. The number of rotatable bonds is 7. The summed E-state index contributed by atoms with van der Waals surface area (Å²) in [6.45, 7) is 12.5. The molecule has 0 unspecified atom stereocenters. The van der Waals surface area contributed by atoms with E-state index in [0.29, 0.717) is 19.6 Å². The number of hydrogen-bond acceptors (Lipinski definition) is 4. The topological polar surface area (TPSA) is 61.9 Å². The summed E-state index contributed by atoms with van der Waals surface area (Å²) in [4.78, 5) is 28.6. The largest absolute Gasteiger partial charge is 0.444 e.